The van der Waals surface area contributed by atoms with Gasteiger partial charge in [-0.1, -0.05) is 19.9 Å². The number of hydrogen-bond donors (Lipinski definition) is 1. The van der Waals surface area contributed by atoms with E-state index in [1.54, 1.807) is 19.2 Å². The van der Waals surface area contributed by atoms with Crippen molar-refractivity contribution in [2.24, 2.45) is 10.4 Å². The highest BCUT2D eigenvalue weighted by atomic mass is 127. The molecule has 0 saturated carbocycles. The van der Waals surface area contributed by atoms with E-state index in [2.05, 4.69) is 29.1 Å². The molecule has 9 heteroatoms. The molecule has 2 aliphatic heterocycles. The van der Waals surface area contributed by atoms with Crippen molar-refractivity contribution in [3.63, 3.8) is 0 Å². The summed E-state index contributed by atoms with van der Waals surface area (Å²) in [7, 11) is 1.67. The van der Waals surface area contributed by atoms with Gasteiger partial charge in [-0.05, 0) is 29.5 Å². The second-order valence-electron chi connectivity index (χ2n) is 8.18. The fourth-order valence-electron chi connectivity index (χ4n) is 3.80. The number of guanidine groups is 1. The summed E-state index contributed by atoms with van der Waals surface area (Å²) in [5.41, 5.74) is 0.407. The molecule has 2 heterocycles. The Kier molecular flexibility index (Phi) is 8.06. The minimum atomic E-state index is -4.40. The summed E-state index contributed by atoms with van der Waals surface area (Å²) < 4.78 is 46.4. The first-order valence-corrected chi connectivity index (χ1v) is 9.68. The van der Waals surface area contributed by atoms with Crippen molar-refractivity contribution >= 4 is 35.6 Å². The van der Waals surface area contributed by atoms with Crippen LogP contribution < -0.4 is 10.2 Å². The van der Waals surface area contributed by atoms with Crippen LogP contribution in [-0.2, 0) is 17.5 Å². The van der Waals surface area contributed by atoms with Crippen LogP contribution >= 0.6 is 24.0 Å². The predicted molar refractivity (Wildman–Crippen MR) is 120 cm³/mol. The summed E-state index contributed by atoms with van der Waals surface area (Å²) in [5, 5.41) is 3.12. The number of benzene rings is 1. The molecule has 0 aromatic heterocycles. The van der Waals surface area contributed by atoms with Gasteiger partial charge in [-0.3, -0.25) is 4.99 Å². The van der Waals surface area contributed by atoms with Crippen molar-refractivity contribution in [2.75, 3.05) is 51.3 Å². The third kappa shape index (κ3) is 6.13. The van der Waals surface area contributed by atoms with E-state index in [4.69, 9.17) is 4.74 Å². The van der Waals surface area contributed by atoms with Crippen molar-refractivity contribution < 1.29 is 17.9 Å². The first-order valence-electron chi connectivity index (χ1n) is 9.68. The van der Waals surface area contributed by atoms with E-state index in [1.807, 2.05) is 4.90 Å². The molecule has 1 aromatic carbocycles. The van der Waals surface area contributed by atoms with Crippen LogP contribution in [0.4, 0.5) is 18.9 Å². The quantitative estimate of drug-likeness (QED) is 0.368. The lowest BCUT2D eigenvalue weighted by molar-refractivity contribution is -0.138. The Bertz CT molecular complexity index is 718. The van der Waals surface area contributed by atoms with Gasteiger partial charge >= 0.3 is 6.18 Å². The molecular formula is C20H30F3IN4O. The van der Waals surface area contributed by atoms with Gasteiger partial charge in [0.1, 0.15) is 0 Å². The second kappa shape index (κ2) is 9.72. The average molecular weight is 526 g/mol. The maximum Gasteiger partial charge on any atom is 0.416 e. The van der Waals surface area contributed by atoms with Crippen molar-refractivity contribution in [2.45, 2.75) is 33.0 Å². The highest BCUT2D eigenvalue weighted by Crippen LogP contribution is 2.35. The van der Waals surface area contributed by atoms with E-state index >= 15 is 0 Å². The number of ether oxygens (including phenoxy) is 1. The molecular weight excluding hydrogens is 496 g/mol. The molecule has 0 atom stereocenters. The van der Waals surface area contributed by atoms with E-state index in [0.29, 0.717) is 38.0 Å². The van der Waals surface area contributed by atoms with Crippen LogP contribution in [0.5, 0.6) is 0 Å². The molecule has 2 fully saturated rings. The monoisotopic (exact) mass is 526 g/mol. The number of alkyl halides is 3. The number of nitrogens with zero attached hydrogens (tertiary/aromatic N) is 3. The van der Waals surface area contributed by atoms with Crippen LogP contribution in [0.1, 0.15) is 31.4 Å². The van der Waals surface area contributed by atoms with Gasteiger partial charge in [0.05, 0.1) is 18.8 Å². The van der Waals surface area contributed by atoms with Gasteiger partial charge in [-0.15, -0.1) is 24.0 Å². The third-order valence-corrected chi connectivity index (χ3v) is 5.40. The number of rotatable bonds is 3. The average Bonchev–Trinajstić information content (AvgIpc) is 3.02. The minimum Gasteiger partial charge on any atom is -0.378 e. The first kappa shape index (κ1) is 24.0. The SMILES string of the molecule is CN=C(NCc1ccc(N2CCOCC2)cc1C(F)(F)F)N1CCC(C)(C)C1.I. The first-order chi connectivity index (χ1) is 13.2. The lowest BCUT2D eigenvalue weighted by Gasteiger charge is -2.30. The number of hydrogen-bond acceptors (Lipinski definition) is 3. The van der Waals surface area contributed by atoms with E-state index in [-0.39, 0.29) is 41.5 Å². The summed E-state index contributed by atoms with van der Waals surface area (Å²) in [6.45, 7) is 8.43. The number of likely N-dealkylation sites (tertiary alicyclic amines) is 1. The highest BCUT2D eigenvalue weighted by Gasteiger charge is 2.35. The molecule has 5 nitrogen and oxygen atoms in total. The Balaban J connectivity index is 0.00000300. The lowest BCUT2D eigenvalue weighted by Crippen LogP contribution is -2.40. The Morgan fingerprint density at radius 2 is 1.90 bits per heavy atom. The number of aliphatic imine (C=N–C) groups is 1. The van der Waals surface area contributed by atoms with Gasteiger partial charge in [0.2, 0.25) is 0 Å². The molecule has 0 radical (unpaired) electrons. The van der Waals surface area contributed by atoms with Crippen LogP contribution in [0.25, 0.3) is 0 Å². The number of morpholine rings is 1. The maximum atomic E-state index is 13.7. The summed E-state index contributed by atoms with van der Waals surface area (Å²) in [6.07, 6.45) is -3.37. The summed E-state index contributed by atoms with van der Waals surface area (Å²) in [5.74, 6) is 0.649. The molecule has 1 N–H and O–H groups in total. The van der Waals surface area contributed by atoms with Crippen molar-refractivity contribution in [3.05, 3.63) is 29.3 Å². The summed E-state index contributed by atoms with van der Waals surface area (Å²) in [6, 6.07) is 4.59. The molecule has 1 aromatic rings. The van der Waals surface area contributed by atoms with Gasteiger partial charge in [0.25, 0.3) is 0 Å². The molecule has 0 spiro atoms. The Morgan fingerprint density at radius 3 is 2.45 bits per heavy atom. The molecule has 0 unspecified atom stereocenters. The zero-order valence-electron chi connectivity index (χ0n) is 17.2. The molecule has 3 rings (SSSR count). The van der Waals surface area contributed by atoms with Crippen LogP contribution in [-0.4, -0.2) is 57.3 Å². The maximum absolute atomic E-state index is 13.7. The van der Waals surface area contributed by atoms with E-state index in [9.17, 15) is 13.2 Å². The molecule has 2 saturated heterocycles. The minimum absolute atomic E-state index is 0. The van der Waals surface area contributed by atoms with E-state index in [1.165, 1.54) is 6.07 Å². The van der Waals surface area contributed by atoms with E-state index < -0.39 is 11.7 Å². The Morgan fingerprint density at radius 1 is 1.21 bits per heavy atom. The van der Waals surface area contributed by atoms with Crippen molar-refractivity contribution in [1.29, 1.82) is 0 Å². The number of halogens is 4. The fraction of sp³-hybridized carbons (Fsp3) is 0.650. The largest absolute Gasteiger partial charge is 0.416 e. The Labute approximate surface area is 187 Å². The smallest absolute Gasteiger partial charge is 0.378 e. The fourth-order valence-corrected chi connectivity index (χ4v) is 3.80. The Hall–Kier alpha value is -1.23. The third-order valence-electron chi connectivity index (χ3n) is 5.40. The van der Waals surface area contributed by atoms with Crippen LogP contribution in [0.15, 0.2) is 23.2 Å². The number of nitrogens with one attached hydrogen (secondary N) is 1. The molecule has 0 amide bonds. The van der Waals surface area contributed by atoms with Crippen LogP contribution in [0.3, 0.4) is 0 Å². The van der Waals surface area contributed by atoms with Gasteiger partial charge in [-0.2, -0.15) is 13.2 Å². The van der Waals surface area contributed by atoms with Gasteiger partial charge < -0.3 is 19.9 Å². The molecule has 2 aliphatic rings. The number of anilines is 1. The lowest BCUT2D eigenvalue weighted by atomic mass is 9.93. The molecule has 29 heavy (non-hydrogen) atoms. The topological polar surface area (TPSA) is 40.1 Å². The zero-order chi connectivity index (χ0) is 20.4. The van der Waals surface area contributed by atoms with Crippen LogP contribution in [0, 0.1) is 5.41 Å². The molecule has 164 valence electrons. The summed E-state index contributed by atoms with van der Waals surface area (Å²) >= 11 is 0. The second-order valence-corrected chi connectivity index (χ2v) is 8.18. The predicted octanol–water partition coefficient (Wildman–Crippen LogP) is 3.97. The van der Waals surface area contributed by atoms with E-state index in [0.717, 1.165) is 19.5 Å². The highest BCUT2D eigenvalue weighted by molar-refractivity contribution is 14.0. The van der Waals surface area contributed by atoms with Crippen molar-refractivity contribution in [1.82, 2.24) is 10.2 Å². The van der Waals surface area contributed by atoms with Crippen LogP contribution in [0.2, 0.25) is 0 Å². The van der Waals surface area contributed by atoms with Gasteiger partial charge in [-0.25, -0.2) is 0 Å². The summed E-state index contributed by atoms with van der Waals surface area (Å²) in [4.78, 5) is 8.30. The zero-order valence-corrected chi connectivity index (χ0v) is 19.5. The standard InChI is InChI=1S/C20H29F3N4O.HI/c1-19(2)6-7-27(14-19)18(24-3)25-13-15-4-5-16(12-17(15)20(21,22)23)26-8-10-28-11-9-26;/h4-5,12H,6-11,13-14H2,1-3H3,(H,24,25);1H. The van der Waals surface area contributed by atoms with Gasteiger partial charge in [0.15, 0.2) is 5.96 Å². The molecule has 0 bridgehead atoms. The normalized spacial score (nSPS) is 19.9. The molecule has 0 aliphatic carbocycles. The van der Waals surface area contributed by atoms with Crippen molar-refractivity contribution in [3.8, 4) is 0 Å². The van der Waals surface area contributed by atoms with Gasteiger partial charge in [0, 0.05) is 45.5 Å².